The smallest absolute Gasteiger partial charge is 0.140 e. The molecule has 3 unspecified atom stereocenters. The minimum Gasteiger partial charge on any atom is -0.497 e. The van der Waals surface area contributed by atoms with Crippen LogP contribution in [0.3, 0.4) is 0 Å². The summed E-state index contributed by atoms with van der Waals surface area (Å²) in [7, 11) is 1.62. The number of fused-ring (bicyclic) bond motifs is 1. The van der Waals surface area contributed by atoms with Gasteiger partial charge in [-0.3, -0.25) is 0 Å². The van der Waals surface area contributed by atoms with Crippen LogP contribution < -0.4 is 9.47 Å². The average Bonchev–Trinajstić information content (AvgIpc) is 2.69. The van der Waals surface area contributed by atoms with Gasteiger partial charge >= 0.3 is 0 Å². The van der Waals surface area contributed by atoms with E-state index in [0.717, 1.165) is 17.7 Å². The SMILES string of the molecule is COc1ccc2c(c1)OC1(CCOC1C)CC2O. The lowest BCUT2D eigenvalue weighted by Crippen LogP contribution is -2.46. The molecule has 0 aliphatic carbocycles. The van der Waals surface area contributed by atoms with Crippen molar-refractivity contribution in [2.45, 2.75) is 37.6 Å². The molecule has 1 aromatic carbocycles. The minimum absolute atomic E-state index is 0.00602. The van der Waals surface area contributed by atoms with E-state index in [4.69, 9.17) is 14.2 Å². The van der Waals surface area contributed by atoms with Gasteiger partial charge in [0.2, 0.25) is 0 Å². The maximum Gasteiger partial charge on any atom is 0.140 e. The number of aliphatic hydroxyl groups excluding tert-OH is 1. The van der Waals surface area contributed by atoms with Gasteiger partial charge in [-0.05, 0) is 19.1 Å². The molecule has 3 atom stereocenters. The van der Waals surface area contributed by atoms with Crippen LogP contribution in [-0.4, -0.2) is 30.5 Å². The molecule has 1 fully saturated rings. The Kier molecular flexibility index (Phi) is 2.72. The molecule has 4 nitrogen and oxygen atoms in total. The first-order valence-electron chi connectivity index (χ1n) is 6.31. The maximum absolute atomic E-state index is 10.3. The van der Waals surface area contributed by atoms with Gasteiger partial charge in [-0.25, -0.2) is 0 Å². The molecule has 1 N–H and O–H groups in total. The van der Waals surface area contributed by atoms with Crippen LogP contribution in [0.4, 0.5) is 0 Å². The Morgan fingerprint density at radius 3 is 2.94 bits per heavy atom. The van der Waals surface area contributed by atoms with Crippen molar-refractivity contribution in [2.75, 3.05) is 13.7 Å². The van der Waals surface area contributed by atoms with E-state index in [2.05, 4.69) is 0 Å². The van der Waals surface area contributed by atoms with E-state index < -0.39 is 11.7 Å². The fraction of sp³-hybridized carbons (Fsp3) is 0.571. The van der Waals surface area contributed by atoms with E-state index in [-0.39, 0.29) is 6.10 Å². The first-order chi connectivity index (χ1) is 8.64. The standard InChI is InChI=1S/C14H18O4/c1-9-14(5-6-17-9)8-12(15)11-4-3-10(16-2)7-13(11)18-14/h3-4,7,9,12,15H,5-6,8H2,1-2H3. The van der Waals surface area contributed by atoms with E-state index >= 15 is 0 Å². The predicted molar refractivity (Wildman–Crippen MR) is 66.0 cm³/mol. The molecule has 1 aromatic rings. The lowest BCUT2D eigenvalue weighted by Gasteiger charge is -2.40. The molecule has 2 aliphatic heterocycles. The van der Waals surface area contributed by atoms with Gasteiger partial charge in [-0.15, -0.1) is 0 Å². The third-order valence-electron chi connectivity index (χ3n) is 4.07. The molecule has 0 bridgehead atoms. The van der Waals surface area contributed by atoms with E-state index in [1.807, 2.05) is 25.1 Å². The highest BCUT2D eigenvalue weighted by Gasteiger charge is 2.48. The average molecular weight is 250 g/mol. The van der Waals surface area contributed by atoms with Crippen LogP contribution >= 0.6 is 0 Å². The largest absolute Gasteiger partial charge is 0.497 e. The second-order valence-corrected chi connectivity index (χ2v) is 5.05. The summed E-state index contributed by atoms with van der Waals surface area (Å²) in [5.41, 5.74) is 0.444. The topological polar surface area (TPSA) is 47.9 Å². The van der Waals surface area contributed by atoms with Crippen molar-refractivity contribution in [1.82, 2.24) is 0 Å². The van der Waals surface area contributed by atoms with Crippen LogP contribution in [0.5, 0.6) is 11.5 Å². The minimum atomic E-state index is -0.496. The third-order valence-corrected chi connectivity index (χ3v) is 4.07. The Morgan fingerprint density at radius 1 is 1.44 bits per heavy atom. The fourth-order valence-corrected chi connectivity index (χ4v) is 2.87. The van der Waals surface area contributed by atoms with E-state index in [1.165, 1.54) is 0 Å². The molecule has 0 aromatic heterocycles. The van der Waals surface area contributed by atoms with Gasteiger partial charge < -0.3 is 19.3 Å². The van der Waals surface area contributed by atoms with Crippen LogP contribution in [0.25, 0.3) is 0 Å². The molecule has 2 aliphatic rings. The summed E-state index contributed by atoms with van der Waals surface area (Å²) < 4.78 is 16.9. The summed E-state index contributed by atoms with van der Waals surface area (Å²) in [5, 5.41) is 10.3. The van der Waals surface area contributed by atoms with Crippen molar-refractivity contribution in [2.24, 2.45) is 0 Å². The Balaban J connectivity index is 1.99. The maximum atomic E-state index is 10.3. The van der Waals surface area contributed by atoms with Gasteiger partial charge in [-0.1, -0.05) is 0 Å². The zero-order valence-electron chi connectivity index (χ0n) is 10.7. The second kappa shape index (κ2) is 4.14. The third kappa shape index (κ3) is 1.68. The summed E-state index contributed by atoms with van der Waals surface area (Å²) in [4.78, 5) is 0. The number of hydrogen-bond acceptors (Lipinski definition) is 4. The van der Waals surface area contributed by atoms with Gasteiger partial charge in [-0.2, -0.15) is 0 Å². The van der Waals surface area contributed by atoms with Crippen molar-refractivity contribution in [1.29, 1.82) is 0 Å². The molecule has 18 heavy (non-hydrogen) atoms. The molecular formula is C14H18O4. The van der Waals surface area contributed by atoms with Crippen LogP contribution in [0.2, 0.25) is 0 Å². The summed E-state index contributed by atoms with van der Waals surface area (Å²) in [6, 6.07) is 5.55. The zero-order chi connectivity index (χ0) is 12.8. The number of ether oxygens (including phenoxy) is 3. The summed E-state index contributed by atoms with van der Waals surface area (Å²) in [5.74, 6) is 1.45. The highest BCUT2D eigenvalue weighted by atomic mass is 16.6. The number of rotatable bonds is 1. The second-order valence-electron chi connectivity index (χ2n) is 5.05. The van der Waals surface area contributed by atoms with Gasteiger partial charge in [0.1, 0.15) is 17.1 Å². The number of hydrogen-bond donors (Lipinski definition) is 1. The molecule has 2 heterocycles. The molecule has 3 rings (SSSR count). The van der Waals surface area contributed by atoms with Crippen molar-refractivity contribution < 1.29 is 19.3 Å². The molecule has 0 amide bonds. The van der Waals surface area contributed by atoms with Gasteiger partial charge in [0.05, 0.1) is 25.9 Å². The van der Waals surface area contributed by atoms with Crippen molar-refractivity contribution in [3.8, 4) is 11.5 Å². The van der Waals surface area contributed by atoms with Crippen molar-refractivity contribution >= 4 is 0 Å². The van der Waals surface area contributed by atoms with Crippen LogP contribution in [0.15, 0.2) is 18.2 Å². The first kappa shape index (κ1) is 11.8. The zero-order valence-corrected chi connectivity index (χ0v) is 10.7. The number of benzene rings is 1. The summed E-state index contributed by atoms with van der Waals surface area (Å²) in [6.07, 6.45) is 0.922. The fourth-order valence-electron chi connectivity index (χ4n) is 2.87. The number of methoxy groups -OCH3 is 1. The quantitative estimate of drug-likeness (QED) is 0.828. The van der Waals surface area contributed by atoms with E-state index in [0.29, 0.717) is 18.8 Å². The Hall–Kier alpha value is -1.26. The summed E-state index contributed by atoms with van der Waals surface area (Å²) in [6.45, 7) is 2.69. The predicted octanol–water partition coefficient (Wildman–Crippen LogP) is 2.06. The monoisotopic (exact) mass is 250 g/mol. The Labute approximate surface area is 106 Å². The first-order valence-corrected chi connectivity index (χ1v) is 6.31. The highest BCUT2D eigenvalue weighted by molar-refractivity contribution is 5.44. The lowest BCUT2D eigenvalue weighted by atomic mass is 9.84. The Morgan fingerprint density at radius 2 is 2.28 bits per heavy atom. The van der Waals surface area contributed by atoms with Crippen molar-refractivity contribution in [3.05, 3.63) is 23.8 Å². The highest BCUT2D eigenvalue weighted by Crippen LogP contribution is 2.46. The van der Waals surface area contributed by atoms with Crippen LogP contribution in [0.1, 0.15) is 31.4 Å². The molecule has 1 spiro atoms. The van der Waals surface area contributed by atoms with Gasteiger partial charge in [0.15, 0.2) is 0 Å². The lowest BCUT2D eigenvalue weighted by molar-refractivity contribution is -0.0566. The normalized spacial score (nSPS) is 34.2. The van der Waals surface area contributed by atoms with Gasteiger partial charge in [0, 0.05) is 24.5 Å². The number of aliphatic hydroxyl groups is 1. The molecule has 0 saturated carbocycles. The van der Waals surface area contributed by atoms with E-state index in [9.17, 15) is 5.11 Å². The van der Waals surface area contributed by atoms with Gasteiger partial charge in [0.25, 0.3) is 0 Å². The molecule has 0 radical (unpaired) electrons. The molecule has 1 saturated heterocycles. The van der Waals surface area contributed by atoms with Crippen molar-refractivity contribution in [3.63, 3.8) is 0 Å². The molecule has 4 heteroatoms. The summed E-state index contributed by atoms with van der Waals surface area (Å²) >= 11 is 0. The molecule has 98 valence electrons. The van der Waals surface area contributed by atoms with Crippen LogP contribution in [-0.2, 0) is 4.74 Å². The molecular weight excluding hydrogens is 232 g/mol. The van der Waals surface area contributed by atoms with Crippen LogP contribution in [0, 0.1) is 0 Å². The van der Waals surface area contributed by atoms with E-state index in [1.54, 1.807) is 7.11 Å². The Bertz CT molecular complexity index is 459.